The Balaban J connectivity index is 0.916. The van der Waals surface area contributed by atoms with Crippen LogP contribution >= 0.6 is 0 Å². The van der Waals surface area contributed by atoms with E-state index in [0.717, 1.165) is 106 Å². The summed E-state index contributed by atoms with van der Waals surface area (Å²) in [5.41, 5.74) is 16.6. The van der Waals surface area contributed by atoms with E-state index in [2.05, 4.69) is 184 Å². The predicted octanol–water partition coefficient (Wildman–Crippen LogP) is 15.6. The molecule has 14 rings (SSSR count). The Bertz CT molecular complexity index is 4270. The number of furan rings is 1. The summed E-state index contributed by atoms with van der Waals surface area (Å²) in [6, 6.07) is 85.1. The lowest BCUT2D eigenvalue weighted by Gasteiger charge is -2.09. The van der Waals surface area contributed by atoms with Crippen molar-refractivity contribution in [1.82, 2.24) is 24.5 Å². The van der Waals surface area contributed by atoms with Gasteiger partial charge in [-0.05, 0) is 113 Å². The quantitative estimate of drug-likeness (QED) is 0.154. The summed E-state index contributed by atoms with van der Waals surface area (Å²) in [5.74, 6) is 2.85. The minimum atomic E-state index is 0.588. The Hall–Kier alpha value is -9.72. The average molecular weight is 910 g/mol. The Kier molecular flexibility index (Phi) is 9.38. The normalized spacial score (nSPS) is 11.7. The SMILES string of the molecule is c1ccc(-c2nc(-c3ccccc3)nc(-c3cccc4oc5ccc(-c6ccc7c(c6)c6cc(-c8cccc(-c9[nH]c%10ccccc%10[n+]9-c9ccccc9)c8)ccc6n7-c6ccccc6)cc5c34)n2)cc1. The van der Waals surface area contributed by atoms with Crippen molar-refractivity contribution < 1.29 is 8.98 Å². The maximum atomic E-state index is 6.57. The fourth-order valence-corrected chi connectivity index (χ4v) is 10.3. The van der Waals surface area contributed by atoms with E-state index < -0.39 is 0 Å². The molecule has 0 bridgehead atoms. The van der Waals surface area contributed by atoms with Gasteiger partial charge in [-0.15, -0.1) is 0 Å². The van der Waals surface area contributed by atoms with Gasteiger partial charge in [-0.3, -0.25) is 0 Å². The summed E-state index contributed by atoms with van der Waals surface area (Å²) in [6.07, 6.45) is 0. The first-order valence-electron chi connectivity index (χ1n) is 23.8. The fraction of sp³-hybridized carbons (Fsp3) is 0. The molecule has 0 atom stereocenters. The smallest absolute Gasteiger partial charge is 0.292 e. The minimum Gasteiger partial charge on any atom is -0.456 e. The van der Waals surface area contributed by atoms with Crippen LogP contribution in [0.5, 0.6) is 0 Å². The van der Waals surface area contributed by atoms with Gasteiger partial charge in [0.15, 0.2) is 28.5 Å². The monoisotopic (exact) mass is 909 g/mol. The third kappa shape index (κ3) is 6.90. The second kappa shape index (κ2) is 16.5. The zero-order valence-corrected chi connectivity index (χ0v) is 38.2. The van der Waals surface area contributed by atoms with Gasteiger partial charge in [0.25, 0.3) is 5.82 Å². The molecular formula is C64H41N6O+. The highest BCUT2D eigenvalue weighted by atomic mass is 16.3. The molecule has 0 aliphatic heterocycles. The number of imidazole rings is 1. The van der Waals surface area contributed by atoms with Crippen molar-refractivity contribution >= 4 is 54.8 Å². The summed E-state index contributed by atoms with van der Waals surface area (Å²) >= 11 is 0. The second-order valence-electron chi connectivity index (χ2n) is 17.9. The van der Waals surface area contributed by atoms with Crippen molar-refractivity contribution in [3.63, 3.8) is 0 Å². The van der Waals surface area contributed by atoms with E-state index in [1.165, 1.54) is 10.8 Å². The van der Waals surface area contributed by atoms with Crippen LogP contribution in [-0.2, 0) is 0 Å². The molecule has 4 heterocycles. The number of H-pyrrole nitrogens is 1. The molecule has 71 heavy (non-hydrogen) atoms. The van der Waals surface area contributed by atoms with Gasteiger partial charge in [-0.2, -0.15) is 4.57 Å². The number of benzene rings is 10. The van der Waals surface area contributed by atoms with E-state index in [9.17, 15) is 0 Å². The number of nitrogens with one attached hydrogen (secondary N) is 1. The molecule has 7 nitrogen and oxygen atoms in total. The average Bonchev–Trinajstić information content (AvgIpc) is 4.13. The number of aromatic nitrogens is 6. The van der Waals surface area contributed by atoms with Crippen LogP contribution in [0.2, 0.25) is 0 Å². The summed E-state index contributed by atoms with van der Waals surface area (Å²) in [4.78, 5) is 18.9. The van der Waals surface area contributed by atoms with Gasteiger partial charge < -0.3 is 8.98 Å². The van der Waals surface area contributed by atoms with Crippen molar-refractivity contribution in [2.45, 2.75) is 0 Å². The Morgan fingerprint density at radius 3 is 1.58 bits per heavy atom. The molecule has 0 fully saturated rings. The van der Waals surface area contributed by atoms with Gasteiger partial charge in [0, 0.05) is 43.9 Å². The highest BCUT2D eigenvalue weighted by Crippen LogP contribution is 2.41. The molecule has 14 aromatic rings. The topological polar surface area (TPSA) is 76.4 Å². The van der Waals surface area contributed by atoms with Gasteiger partial charge in [-0.1, -0.05) is 152 Å². The van der Waals surface area contributed by atoms with E-state index in [4.69, 9.17) is 19.4 Å². The molecule has 0 unspecified atom stereocenters. The van der Waals surface area contributed by atoms with E-state index in [-0.39, 0.29) is 0 Å². The number of hydrogen-bond acceptors (Lipinski definition) is 4. The number of rotatable bonds is 8. The molecule has 0 amide bonds. The standard InChI is InChI=1S/C64H40N6O/c1-5-17-41(18-6-1)61-66-62(42-19-7-2-8-20-42)68-63(67-61)50-27-16-30-59-60(50)53-40-46(33-36-58(53)71-59)45-32-35-56-52(39-45)51-38-44(31-34-55(51)69(56)48-23-9-3-10-24-48)43-21-15-22-47(37-43)64-65-54-28-13-14-29-57(54)70(64)49-25-11-4-12-26-49/h1-40H/p+1. The van der Waals surface area contributed by atoms with Crippen LogP contribution in [0.4, 0.5) is 0 Å². The third-order valence-electron chi connectivity index (χ3n) is 13.7. The van der Waals surface area contributed by atoms with Crippen molar-refractivity contribution in [2.75, 3.05) is 0 Å². The summed E-state index contributed by atoms with van der Waals surface area (Å²) in [6.45, 7) is 0. The molecule has 10 aromatic carbocycles. The van der Waals surface area contributed by atoms with Gasteiger partial charge in [0.1, 0.15) is 16.9 Å². The zero-order valence-electron chi connectivity index (χ0n) is 38.2. The number of nitrogens with zero attached hydrogens (tertiary/aromatic N) is 5. The molecule has 0 saturated heterocycles. The van der Waals surface area contributed by atoms with Crippen molar-refractivity contribution in [3.05, 3.63) is 243 Å². The Morgan fingerprint density at radius 1 is 0.380 bits per heavy atom. The van der Waals surface area contributed by atoms with Crippen LogP contribution in [0.25, 0.3) is 134 Å². The van der Waals surface area contributed by atoms with Gasteiger partial charge in [-0.25, -0.2) is 19.9 Å². The summed E-state index contributed by atoms with van der Waals surface area (Å²) in [5, 5.41) is 4.30. The van der Waals surface area contributed by atoms with Crippen molar-refractivity contribution in [2.24, 2.45) is 0 Å². The number of aromatic amines is 1. The lowest BCUT2D eigenvalue weighted by Crippen LogP contribution is -2.31. The molecule has 0 radical (unpaired) electrons. The number of fused-ring (bicyclic) bond motifs is 7. The van der Waals surface area contributed by atoms with Crippen LogP contribution in [0.1, 0.15) is 0 Å². The van der Waals surface area contributed by atoms with Crippen molar-refractivity contribution in [3.8, 4) is 79.2 Å². The first kappa shape index (κ1) is 40.4. The van der Waals surface area contributed by atoms with Gasteiger partial charge >= 0.3 is 0 Å². The first-order valence-corrected chi connectivity index (χ1v) is 23.8. The van der Waals surface area contributed by atoms with E-state index in [0.29, 0.717) is 17.5 Å². The third-order valence-corrected chi connectivity index (χ3v) is 13.7. The van der Waals surface area contributed by atoms with E-state index in [1.807, 2.05) is 72.8 Å². The lowest BCUT2D eigenvalue weighted by atomic mass is 9.98. The number of para-hydroxylation sites is 4. The van der Waals surface area contributed by atoms with Crippen LogP contribution < -0.4 is 4.57 Å². The first-order chi connectivity index (χ1) is 35.2. The highest BCUT2D eigenvalue weighted by Gasteiger charge is 2.23. The summed E-state index contributed by atoms with van der Waals surface area (Å²) in [7, 11) is 0. The summed E-state index contributed by atoms with van der Waals surface area (Å²) < 4.78 is 11.3. The highest BCUT2D eigenvalue weighted by molar-refractivity contribution is 6.14. The molecule has 4 aromatic heterocycles. The predicted molar refractivity (Wildman–Crippen MR) is 287 cm³/mol. The van der Waals surface area contributed by atoms with Gasteiger partial charge in [0.2, 0.25) is 0 Å². The molecule has 0 aliphatic rings. The van der Waals surface area contributed by atoms with Gasteiger partial charge in [0.05, 0.1) is 16.6 Å². The molecule has 7 heteroatoms. The second-order valence-corrected chi connectivity index (χ2v) is 17.9. The number of hydrogen-bond donors (Lipinski definition) is 1. The van der Waals surface area contributed by atoms with Crippen LogP contribution in [-0.4, -0.2) is 24.5 Å². The molecule has 0 aliphatic carbocycles. The van der Waals surface area contributed by atoms with E-state index in [1.54, 1.807) is 0 Å². The van der Waals surface area contributed by atoms with Crippen LogP contribution in [0.15, 0.2) is 247 Å². The Morgan fingerprint density at radius 2 is 0.901 bits per heavy atom. The molecule has 332 valence electrons. The molecular weight excluding hydrogens is 869 g/mol. The van der Waals surface area contributed by atoms with E-state index >= 15 is 0 Å². The van der Waals surface area contributed by atoms with Crippen LogP contribution in [0, 0.1) is 0 Å². The van der Waals surface area contributed by atoms with Crippen LogP contribution in [0.3, 0.4) is 0 Å². The molecule has 1 N–H and O–H groups in total. The molecule has 0 spiro atoms. The maximum absolute atomic E-state index is 6.57. The van der Waals surface area contributed by atoms with Crippen molar-refractivity contribution in [1.29, 1.82) is 0 Å². The molecule has 0 saturated carbocycles. The fourth-order valence-electron chi connectivity index (χ4n) is 10.3. The lowest BCUT2D eigenvalue weighted by molar-refractivity contribution is -0.554. The minimum absolute atomic E-state index is 0.588. The largest absolute Gasteiger partial charge is 0.456 e. The Labute approximate surface area is 408 Å². The zero-order chi connectivity index (χ0) is 46.8. The maximum Gasteiger partial charge on any atom is 0.292 e.